The second-order valence-corrected chi connectivity index (χ2v) is 8.80. The summed E-state index contributed by atoms with van der Waals surface area (Å²) >= 11 is 4.89. The first kappa shape index (κ1) is 27.8. The number of alkyl halides is 2. The van der Waals surface area contributed by atoms with Crippen LogP contribution in [0, 0.1) is 0 Å². The number of hydrogen-bond donors (Lipinski definition) is 0. The molecule has 0 amide bonds. The normalized spacial score (nSPS) is 14.4. The van der Waals surface area contributed by atoms with Crippen molar-refractivity contribution in [3.63, 3.8) is 0 Å². The maximum Gasteiger partial charge on any atom is 0.160 e. The molecule has 0 N–H and O–H groups in total. The Labute approximate surface area is 195 Å². The van der Waals surface area contributed by atoms with Crippen molar-refractivity contribution in [2.75, 3.05) is 23.1 Å². The highest BCUT2D eigenvalue weighted by atomic mass is 127. The molecule has 3 nitrogen and oxygen atoms in total. The Morgan fingerprint density at radius 1 is 0.593 bits per heavy atom. The summed E-state index contributed by atoms with van der Waals surface area (Å²) in [7, 11) is 3.42. The molecule has 0 aromatic carbocycles. The Kier molecular flexibility index (Phi) is 23.8. The number of hydrogen-bond acceptors (Lipinski definition) is 3. The van der Waals surface area contributed by atoms with Gasteiger partial charge in [-0.05, 0) is 60.2 Å². The molecular formula is C22H40I2O3. The summed E-state index contributed by atoms with van der Waals surface area (Å²) in [5.41, 5.74) is 0. The fourth-order valence-corrected chi connectivity index (χ4v) is 3.73. The van der Waals surface area contributed by atoms with Crippen LogP contribution in [0.2, 0.25) is 0 Å². The first-order chi connectivity index (χ1) is 13.3. The van der Waals surface area contributed by atoms with Crippen LogP contribution in [0.3, 0.4) is 0 Å². The summed E-state index contributed by atoms with van der Waals surface area (Å²) in [6.45, 7) is 0. The summed E-state index contributed by atoms with van der Waals surface area (Å²) in [6, 6.07) is 0. The van der Waals surface area contributed by atoms with E-state index in [-0.39, 0.29) is 12.6 Å². The Balaban J connectivity index is 3.84. The molecule has 27 heavy (non-hydrogen) atoms. The lowest BCUT2D eigenvalue weighted by Crippen LogP contribution is -2.25. The quantitative estimate of drug-likeness (QED) is 0.0470. The van der Waals surface area contributed by atoms with E-state index in [1.54, 1.807) is 14.2 Å². The van der Waals surface area contributed by atoms with Gasteiger partial charge in [-0.2, -0.15) is 0 Å². The fourth-order valence-electron chi connectivity index (χ4n) is 2.66. The predicted octanol–water partition coefficient (Wildman–Crippen LogP) is 7.61. The third kappa shape index (κ3) is 19.9. The first-order valence-corrected chi connectivity index (χ1v) is 13.5. The minimum atomic E-state index is -0.198. The van der Waals surface area contributed by atoms with Gasteiger partial charge < -0.3 is 14.2 Å². The summed E-state index contributed by atoms with van der Waals surface area (Å²) < 4.78 is 19.4. The molecule has 0 aliphatic carbocycles. The van der Waals surface area contributed by atoms with Crippen LogP contribution in [0.4, 0.5) is 0 Å². The fraction of sp³-hybridized carbons (Fsp3) is 0.818. The monoisotopic (exact) mass is 606 g/mol. The van der Waals surface area contributed by atoms with Crippen LogP contribution < -0.4 is 0 Å². The van der Waals surface area contributed by atoms with Gasteiger partial charge in [-0.25, -0.2) is 0 Å². The highest BCUT2D eigenvalue weighted by molar-refractivity contribution is 14.1. The number of halogens is 2. The molecule has 0 aromatic rings. The number of allylic oxidation sites excluding steroid dienone is 4. The van der Waals surface area contributed by atoms with Crippen molar-refractivity contribution in [2.24, 2.45) is 0 Å². The van der Waals surface area contributed by atoms with Gasteiger partial charge in [-0.15, -0.1) is 0 Å². The van der Waals surface area contributed by atoms with E-state index in [0.717, 1.165) is 25.7 Å². The van der Waals surface area contributed by atoms with E-state index in [1.165, 1.54) is 60.2 Å². The van der Waals surface area contributed by atoms with Crippen LogP contribution in [0.1, 0.15) is 77.0 Å². The van der Waals surface area contributed by atoms with Crippen LogP contribution in [-0.4, -0.2) is 35.7 Å². The van der Waals surface area contributed by atoms with Gasteiger partial charge >= 0.3 is 0 Å². The van der Waals surface area contributed by atoms with Crippen LogP contribution >= 0.6 is 45.2 Å². The van der Waals surface area contributed by atoms with Crippen molar-refractivity contribution < 1.29 is 14.2 Å². The molecule has 0 bridgehead atoms. The molecule has 0 fully saturated rings. The van der Waals surface area contributed by atoms with Crippen LogP contribution in [0.5, 0.6) is 0 Å². The predicted molar refractivity (Wildman–Crippen MR) is 134 cm³/mol. The zero-order chi connectivity index (χ0) is 20.0. The van der Waals surface area contributed by atoms with E-state index >= 15 is 0 Å². The van der Waals surface area contributed by atoms with Crippen molar-refractivity contribution in [1.29, 1.82) is 0 Å². The van der Waals surface area contributed by atoms with Crippen molar-refractivity contribution in [3.8, 4) is 0 Å². The SMILES string of the molecule is COC(CCC=CCCCCCI)OC(CCC=CCCCCCI)OC. The third-order valence-corrected chi connectivity index (χ3v) is 5.84. The Morgan fingerprint density at radius 3 is 1.37 bits per heavy atom. The van der Waals surface area contributed by atoms with Gasteiger partial charge in [0.1, 0.15) is 0 Å². The van der Waals surface area contributed by atoms with Crippen LogP contribution in [0.25, 0.3) is 0 Å². The van der Waals surface area contributed by atoms with Crippen molar-refractivity contribution in [2.45, 2.75) is 89.6 Å². The summed E-state index contributed by atoms with van der Waals surface area (Å²) in [4.78, 5) is 0. The van der Waals surface area contributed by atoms with Crippen molar-refractivity contribution in [1.82, 2.24) is 0 Å². The molecule has 160 valence electrons. The molecule has 0 aromatic heterocycles. The van der Waals surface area contributed by atoms with E-state index in [1.807, 2.05) is 0 Å². The maximum absolute atomic E-state index is 5.95. The largest absolute Gasteiger partial charge is 0.356 e. The van der Waals surface area contributed by atoms with E-state index in [4.69, 9.17) is 14.2 Å². The topological polar surface area (TPSA) is 27.7 Å². The van der Waals surface area contributed by atoms with Gasteiger partial charge in [0.2, 0.25) is 0 Å². The standard InChI is InChI=1S/C22H40I2O3/c1-25-21(17-13-9-5-3-7-11-15-19-23)27-22(26-2)18-14-10-6-4-8-12-16-20-24/h5-6,9-10,21-22H,3-4,7-8,11-20H2,1-2H3. The Bertz CT molecular complexity index is 316. The lowest BCUT2D eigenvalue weighted by Gasteiger charge is -2.22. The minimum absolute atomic E-state index is 0.198. The van der Waals surface area contributed by atoms with E-state index < -0.39 is 0 Å². The molecule has 0 spiro atoms. The average molecular weight is 606 g/mol. The van der Waals surface area contributed by atoms with Crippen LogP contribution in [0.15, 0.2) is 24.3 Å². The molecule has 2 unspecified atom stereocenters. The van der Waals surface area contributed by atoms with Crippen molar-refractivity contribution in [3.05, 3.63) is 24.3 Å². The molecule has 0 radical (unpaired) electrons. The molecule has 0 saturated carbocycles. The zero-order valence-corrected chi connectivity index (χ0v) is 21.7. The number of methoxy groups -OCH3 is 2. The summed E-state index contributed by atoms with van der Waals surface area (Å²) in [6.07, 6.45) is 22.7. The van der Waals surface area contributed by atoms with E-state index in [2.05, 4.69) is 69.5 Å². The van der Waals surface area contributed by atoms with Crippen LogP contribution in [-0.2, 0) is 14.2 Å². The minimum Gasteiger partial charge on any atom is -0.356 e. The van der Waals surface area contributed by atoms with Gasteiger partial charge in [-0.1, -0.05) is 82.3 Å². The second-order valence-electron chi connectivity index (χ2n) is 6.64. The molecule has 0 heterocycles. The molecule has 0 aliphatic heterocycles. The van der Waals surface area contributed by atoms with E-state index in [9.17, 15) is 0 Å². The van der Waals surface area contributed by atoms with Gasteiger partial charge in [0.25, 0.3) is 0 Å². The molecule has 0 saturated heterocycles. The highest BCUT2D eigenvalue weighted by Crippen LogP contribution is 2.13. The molecular weight excluding hydrogens is 566 g/mol. The van der Waals surface area contributed by atoms with E-state index in [0.29, 0.717) is 0 Å². The molecule has 0 aliphatic rings. The molecule has 2 atom stereocenters. The van der Waals surface area contributed by atoms with Gasteiger partial charge in [0.05, 0.1) is 0 Å². The van der Waals surface area contributed by atoms with Gasteiger partial charge in [-0.3, -0.25) is 0 Å². The number of unbranched alkanes of at least 4 members (excludes halogenated alkanes) is 6. The third-order valence-electron chi connectivity index (χ3n) is 4.31. The highest BCUT2D eigenvalue weighted by Gasteiger charge is 2.14. The average Bonchev–Trinajstić information content (AvgIpc) is 2.69. The smallest absolute Gasteiger partial charge is 0.160 e. The Morgan fingerprint density at radius 2 is 1.00 bits per heavy atom. The molecule has 0 rings (SSSR count). The van der Waals surface area contributed by atoms with Crippen molar-refractivity contribution >= 4 is 45.2 Å². The van der Waals surface area contributed by atoms with Gasteiger partial charge in [0, 0.05) is 27.1 Å². The zero-order valence-electron chi connectivity index (χ0n) is 17.3. The lowest BCUT2D eigenvalue weighted by molar-refractivity contribution is -0.232. The second kappa shape index (κ2) is 23.1. The number of ether oxygens (including phenoxy) is 3. The van der Waals surface area contributed by atoms with Gasteiger partial charge in [0.15, 0.2) is 12.6 Å². The first-order valence-electron chi connectivity index (χ1n) is 10.4. The number of rotatable bonds is 20. The lowest BCUT2D eigenvalue weighted by atomic mass is 10.2. The maximum atomic E-state index is 5.95. The summed E-state index contributed by atoms with van der Waals surface area (Å²) in [5.74, 6) is 0. The molecule has 5 heteroatoms. The summed E-state index contributed by atoms with van der Waals surface area (Å²) in [5, 5.41) is 0. The Hall–Kier alpha value is 0.820.